The molecular weight excluding hydrogens is 495 g/mol. The molecule has 1 aliphatic rings. The number of nitriles is 1. The maximum Gasteiger partial charge on any atom is 0.413 e. The fraction of sp³-hybridized carbons (Fsp3) is 0.320. The monoisotopic (exact) mass is 520 g/mol. The van der Waals surface area contributed by atoms with Crippen LogP contribution < -0.4 is 15.4 Å². The van der Waals surface area contributed by atoms with E-state index in [2.05, 4.69) is 30.6 Å². The van der Waals surface area contributed by atoms with Crippen molar-refractivity contribution in [1.82, 2.24) is 24.8 Å². The van der Waals surface area contributed by atoms with E-state index in [1.165, 1.54) is 48.5 Å². The van der Waals surface area contributed by atoms with Gasteiger partial charge < -0.3 is 19.4 Å². The van der Waals surface area contributed by atoms with Crippen molar-refractivity contribution in [2.75, 3.05) is 12.4 Å². The summed E-state index contributed by atoms with van der Waals surface area (Å²) in [6, 6.07) is 6.07. The first-order valence-electron chi connectivity index (χ1n) is 11.5. The normalized spacial score (nSPS) is 16.5. The molecule has 1 aliphatic heterocycles. The number of fused-ring (bicyclic) bond motifs is 1. The second-order valence-corrected chi connectivity index (χ2v) is 9.62. The number of carbonyl (C=O) groups is 2. The van der Waals surface area contributed by atoms with Crippen molar-refractivity contribution in [3.63, 3.8) is 0 Å². The number of imidazole rings is 1. The number of halogens is 1. The maximum atomic E-state index is 15.2. The summed E-state index contributed by atoms with van der Waals surface area (Å²) in [6.45, 7) is 6.82. The van der Waals surface area contributed by atoms with Gasteiger partial charge in [-0.2, -0.15) is 5.26 Å². The van der Waals surface area contributed by atoms with Gasteiger partial charge in [-0.25, -0.2) is 24.1 Å². The molecule has 0 saturated heterocycles. The first kappa shape index (κ1) is 26.2. The van der Waals surface area contributed by atoms with E-state index in [-0.39, 0.29) is 46.7 Å². The summed E-state index contributed by atoms with van der Waals surface area (Å²) in [6.07, 6.45) is 3.12. The summed E-state index contributed by atoms with van der Waals surface area (Å²) in [5.74, 6) is -0.673. The molecule has 1 atom stereocenters. The number of alkyl carbamates (subject to hydrolysis) is 1. The number of amides is 2. The number of ether oxygens (including phenoxy) is 2. The summed E-state index contributed by atoms with van der Waals surface area (Å²) < 4.78 is 27.0. The summed E-state index contributed by atoms with van der Waals surface area (Å²) in [5, 5.41) is 14.8. The lowest BCUT2D eigenvalue weighted by Gasteiger charge is -2.33. The zero-order valence-electron chi connectivity index (χ0n) is 21.4. The molecule has 4 rings (SSSR count). The number of anilines is 1. The van der Waals surface area contributed by atoms with Crippen LogP contribution in [0.4, 0.5) is 14.9 Å². The molecule has 2 aromatic heterocycles. The third kappa shape index (κ3) is 5.44. The van der Waals surface area contributed by atoms with Gasteiger partial charge in [0.1, 0.15) is 34.4 Å². The van der Waals surface area contributed by atoms with E-state index >= 15 is 4.39 Å². The van der Waals surface area contributed by atoms with E-state index in [9.17, 15) is 14.9 Å². The van der Waals surface area contributed by atoms with Crippen molar-refractivity contribution in [2.24, 2.45) is 4.99 Å². The molecule has 2 N–H and O–H groups in total. The summed E-state index contributed by atoms with van der Waals surface area (Å²) in [4.78, 5) is 42.0. The molecule has 1 aromatic carbocycles. The lowest BCUT2D eigenvalue weighted by molar-refractivity contribution is 0.0562. The molecule has 12 nitrogen and oxygen atoms in total. The molecule has 0 aliphatic carbocycles. The van der Waals surface area contributed by atoms with Crippen LogP contribution in [-0.2, 0) is 16.8 Å². The average Bonchev–Trinajstić information content (AvgIpc) is 3.26. The highest BCUT2D eigenvalue weighted by Gasteiger charge is 2.38. The first-order valence-corrected chi connectivity index (χ1v) is 11.5. The van der Waals surface area contributed by atoms with E-state index in [1.54, 1.807) is 27.7 Å². The molecule has 0 saturated carbocycles. The second kappa shape index (κ2) is 9.89. The van der Waals surface area contributed by atoms with E-state index < -0.39 is 29.0 Å². The standard InChI is InChI=1S/C25H25FN8O4/c1-24(2,3)38-23(36)32-20-21-30-10-15(9-27)34(21)13-25(4,33-20)16-8-14(6-7-17(16)26)31-22(35)18-11-29-19(37-5)12-28-18/h6-8,10-12H,13H2,1-5H3,(H,31,35)(H,32,33,36). The number of carbonyl (C=O) groups excluding carboxylic acids is 2. The van der Waals surface area contributed by atoms with Gasteiger partial charge in [0.2, 0.25) is 5.88 Å². The minimum absolute atomic E-state index is 0.0110. The Labute approximate surface area is 217 Å². The van der Waals surface area contributed by atoms with Crippen LogP contribution in [0.3, 0.4) is 0 Å². The predicted molar refractivity (Wildman–Crippen MR) is 133 cm³/mol. The zero-order valence-corrected chi connectivity index (χ0v) is 21.4. The fourth-order valence-corrected chi connectivity index (χ4v) is 3.83. The summed E-state index contributed by atoms with van der Waals surface area (Å²) in [7, 11) is 1.43. The van der Waals surface area contributed by atoms with E-state index in [0.29, 0.717) is 0 Å². The number of methoxy groups -OCH3 is 1. The zero-order chi connectivity index (χ0) is 27.7. The highest BCUT2D eigenvalue weighted by Crippen LogP contribution is 2.35. The van der Waals surface area contributed by atoms with Crippen LogP contribution in [0.25, 0.3) is 0 Å². The van der Waals surface area contributed by atoms with Crippen LogP contribution >= 0.6 is 0 Å². The van der Waals surface area contributed by atoms with Gasteiger partial charge in [-0.3, -0.25) is 15.1 Å². The van der Waals surface area contributed by atoms with Gasteiger partial charge in [0.05, 0.1) is 32.2 Å². The molecule has 0 radical (unpaired) electrons. The van der Waals surface area contributed by atoms with Crippen molar-refractivity contribution >= 4 is 23.5 Å². The van der Waals surface area contributed by atoms with Gasteiger partial charge in [0.25, 0.3) is 5.91 Å². The Bertz CT molecular complexity index is 1470. The second-order valence-electron chi connectivity index (χ2n) is 9.62. The molecule has 0 spiro atoms. The molecular formula is C25H25FN8O4. The lowest BCUT2D eigenvalue weighted by atomic mass is 9.90. The Morgan fingerprint density at radius 2 is 1.92 bits per heavy atom. The van der Waals surface area contributed by atoms with Crippen LogP contribution in [0.2, 0.25) is 0 Å². The topological polar surface area (TPSA) is 156 Å². The van der Waals surface area contributed by atoms with Crippen LogP contribution in [-0.4, -0.2) is 50.1 Å². The molecule has 3 heterocycles. The minimum atomic E-state index is -1.30. The Morgan fingerprint density at radius 3 is 2.55 bits per heavy atom. The largest absolute Gasteiger partial charge is 0.480 e. The van der Waals surface area contributed by atoms with Crippen molar-refractivity contribution in [1.29, 1.82) is 5.26 Å². The number of hydrogen-bond donors (Lipinski definition) is 2. The molecule has 2 amide bonds. The van der Waals surface area contributed by atoms with Crippen molar-refractivity contribution in [2.45, 2.75) is 45.4 Å². The van der Waals surface area contributed by atoms with Gasteiger partial charge in [-0.15, -0.1) is 0 Å². The fourth-order valence-electron chi connectivity index (χ4n) is 3.83. The minimum Gasteiger partial charge on any atom is -0.480 e. The Hall–Kier alpha value is -4.86. The summed E-state index contributed by atoms with van der Waals surface area (Å²) in [5.41, 5.74) is -1.45. The third-order valence-electron chi connectivity index (χ3n) is 5.50. The Kier molecular flexibility index (Phi) is 6.82. The van der Waals surface area contributed by atoms with E-state index in [1.807, 2.05) is 6.07 Å². The number of hydrogen-bond acceptors (Lipinski definition) is 9. The number of nitrogens with one attached hydrogen (secondary N) is 2. The highest BCUT2D eigenvalue weighted by atomic mass is 19.1. The third-order valence-corrected chi connectivity index (χ3v) is 5.50. The Balaban J connectivity index is 1.69. The molecule has 38 heavy (non-hydrogen) atoms. The van der Waals surface area contributed by atoms with Crippen molar-refractivity contribution in [3.05, 3.63) is 65.4 Å². The van der Waals surface area contributed by atoms with Crippen molar-refractivity contribution < 1.29 is 23.5 Å². The predicted octanol–water partition coefficient (Wildman–Crippen LogP) is 3.15. The molecule has 1 unspecified atom stereocenters. The molecule has 3 aromatic rings. The van der Waals surface area contributed by atoms with Crippen LogP contribution in [0, 0.1) is 17.1 Å². The number of nitrogens with zero attached hydrogens (tertiary/aromatic N) is 6. The maximum absolute atomic E-state index is 15.2. The molecule has 196 valence electrons. The van der Waals surface area contributed by atoms with Gasteiger partial charge in [0, 0.05) is 11.3 Å². The molecule has 0 fully saturated rings. The van der Waals surface area contributed by atoms with Crippen LogP contribution in [0.1, 0.15) is 55.3 Å². The number of aromatic nitrogens is 4. The lowest BCUT2D eigenvalue weighted by Crippen LogP contribution is -2.44. The quantitative estimate of drug-likeness (QED) is 0.531. The molecule has 0 bridgehead atoms. The van der Waals surface area contributed by atoms with E-state index in [0.717, 1.165) is 0 Å². The van der Waals surface area contributed by atoms with Gasteiger partial charge in [0.15, 0.2) is 11.7 Å². The van der Waals surface area contributed by atoms with Crippen LogP contribution in [0.15, 0.2) is 41.8 Å². The van der Waals surface area contributed by atoms with E-state index in [4.69, 9.17) is 9.47 Å². The van der Waals surface area contributed by atoms with Crippen LogP contribution in [0.5, 0.6) is 5.88 Å². The average molecular weight is 521 g/mol. The number of rotatable bonds is 4. The number of aliphatic imine (C=N–C) groups is 1. The SMILES string of the molecule is COc1cnc(C(=O)Nc2ccc(F)c(C3(C)Cn4c(C#N)cnc4C(NC(=O)OC(C)(C)C)=N3)c2)cn1. The van der Waals surface area contributed by atoms with Gasteiger partial charge in [-0.1, -0.05) is 0 Å². The number of amidine groups is 1. The first-order chi connectivity index (χ1) is 17.9. The smallest absolute Gasteiger partial charge is 0.413 e. The van der Waals surface area contributed by atoms with Crippen molar-refractivity contribution in [3.8, 4) is 11.9 Å². The highest BCUT2D eigenvalue weighted by molar-refractivity contribution is 6.05. The molecule has 13 heteroatoms. The number of benzene rings is 1. The summed E-state index contributed by atoms with van der Waals surface area (Å²) >= 11 is 0. The van der Waals surface area contributed by atoms with Gasteiger partial charge >= 0.3 is 6.09 Å². The Morgan fingerprint density at radius 1 is 1.16 bits per heavy atom. The van der Waals surface area contributed by atoms with Gasteiger partial charge in [-0.05, 0) is 45.9 Å².